The van der Waals surface area contributed by atoms with Gasteiger partial charge in [0.15, 0.2) is 0 Å². The van der Waals surface area contributed by atoms with Crippen molar-refractivity contribution in [1.29, 1.82) is 0 Å². The summed E-state index contributed by atoms with van der Waals surface area (Å²) in [6.07, 6.45) is 3.24. The molecule has 0 spiro atoms. The topological polar surface area (TPSA) is 26.0 Å². The first-order valence-corrected chi connectivity index (χ1v) is 5.16. The lowest BCUT2D eigenvalue weighted by Gasteiger charge is -2.12. The van der Waals surface area contributed by atoms with Crippen molar-refractivity contribution in [2.24, 2.45) is 5.73 Å². The van der Waals surface area contributed by atoms with Crippen LogP contribution in [0, 0.1) is 12.7 Å². The minimum Gasteiger partial charge on any atom is -0.324 e. The molecule has 0 amide bonds. The second-order valence-electron chi connectivity index (χ2n) is 3.76. The van der Waals surface area contributed by atoms with Gasteiger partial charge in [-0.25, -0.2) is 4.39 Å². The van der Waals surface area contributed by atoms with Crippen LogP contribution in [0.15, 0.2) is 18.2 Å². The molecular formula is C12H19ClFN. The van der Waals surface area contributed by atoms with Crippen molar-refractivity contribution in [1.82, 2.24) is 0 Å². The summed E-state index contributed by atoms with van der Waals surface area (Å²) < 4.78 is 13.0. The van der Waals surface area contributed by atoms with E-state index in [0.29, 0.717) is 5.56 Å². The number of hydrogen-bond acceptors (Lipinski definition) is 1. The van der Waals surface area contributed by atoms with Gasteiger partial charge in [0.2, 0.25) is 0 Å². The van der Waals surface area contributed by atoms with Crippen LogP contribution in [0.4, 0.5) is 4.39 Å². The maximum Gasteiger partial charge on any atom is 0.126 e. The molecule has 1 aromatic rings. The number of nitrogens with two attached hydrogens (primary N) is 1. The highest BCUT2D eigenvalue weighted by Gasteiger charge is 2.06. The van der Waals surface area contributed by atoms with E-state index < -0.39 is 0 Å². The Kier molecular flexibility index (Phi) is 6.53. The van der Waals surface area contributed by atoms with Gasteiger partial charge in [0.05, 0.1) is 0 Å². The predicted octanol–water partition coefficient (Wildman–Crippen LogP) is 3.75. The van der Waals surface area contributed by atoms with Crippen LogP contribution in [-0.2, 0) is 0 Å². The Hall–Kier alpha value is -0.600. The Balaban J connectivity index is 0.00000196. The summed E-state index contributed by atoms with van der Waals surface area (Å²) in [6, 6.07) is 5.17. The van der Waals surface area contributed by atoms with Gasteiger partial charge in [0, 0.05) is 6.04 Å². The van der Waals surface area contributed by atoms with Gasteiger partial charge in [-0.3, -0.25) is 0 Å². The van der Waals surface area contributed by atoms with Gasteiger partial charge < -0.3 is 5.73 Å². The van der Waals surface area contributed by atoms with E-state index >= 15 is 0 Å². The molecule has 1 aromatic carbocycles. The number of unbranched alkanes of at least 4 members (excludes halogenated alkanes) is 1. The van der Waals surface area contributed by atoms with E-state index in [9.17, 15) is 4.39 Å². The minimum atomic E-state index is -0.156. The fourth-order valence-electron chi connectivity index (χ4n) is 1.49. The van der Waals surface area contributed by atoms with Crippen molar-refractivity contribution < 1.29 is 4.39 Å². The quantitative estimate of drug-likeness (QED) is 0.839. The fraction of sp³-hybridized carbons (Fsp3) is 0.500. The van der Waals surface area contributed by atoms with Gasteiger partial charge in [-0.05, 0) is 30.5 Å². The van der Waals surface area contributed by atoms with Crippen molar-refractivity contribution in [3.63, 3.8) is 0 Å². The molecule has 0 fully saturated rings. The number of halogens is 2. The third-order valence-corrected chi connectivity index (χ3v) is 2.48. The maximum atomic E-state index is 13.0. The average Bonchev–Trinajstić information content (AvgIpc) is 2.18. The number of aryl methyl sites for hydroxylation is 1. The molecule has 3 heteroatoms. The SMILES string of the molecule is CCCC[C@H](N)c1ccc(F)c(C)c1.Cl. The smallest absolute Gasteiger partial charge is 0.126 e. The maximum absolute atomic E-state index is 13.0. The number of rotatable bonds is 4. The molecule has 0 bridgehead atoms. The van der Waals surface area contributed by atoms with Crippen LogP contribution in [0.3, 0.4) is 0 Å². The summed E-state index contributed by atoms with van der Waals surface area (Å²) in [5, 5.41) is 0. The zero-order chi connectivity index (χ0) is 10.6. The Morgan fingerprint density at radius 1 is 1.40 bits per heavy atom. The van der Waals surface area contributed by atoms with Crippen molar-refractivity contribution >= 4 is 12.4 Å². The van der Waals surface area contributed by atoms with Crippen LogP contribution in [0.5, 0.6) is 0 Å². The molecule has 0 saturated carbocycles. The van der Waals surface area contributed by atoms with Crippen LogP contribution in [0.25, 0.3) is 0 Å². The molecule has 86 valence electrons. The van der Waals surface area contributed by atoms with Crippen LogP contribution >= 0.6 is 12.4 Å². The van der Waals surface area contributed by atoms with Gasteiger partial charge in [-0.15, -0.1) is 12.4 Å². The molecule has 1 nitrogen and oxygen atoms in total. The molecular weight excluding hydrogens is 213 g/mol. The molecule has 0 radical (unpaired) electrons. The Labute approximate surface area is 97.3 Å². The molecule has 1 rings (SSSR count). The van der Waals surface area contributed by atoms with Crippen molar-refractivity contribution in [2.45, 2.75) is 39.2 Å². The van der Waals surface area contributed by atoms with Gasteiger partial charge in [-0.2, -0.15) is 0 Å². The number of benzene rings is 1. The zero-order valence-electron chi connectivity index (χ0n) is 9.29. The highest BCUT2D eigenvalue weighted by Crippen LogP contribution is 2.19. The third kappa shape index (κ3) is 4.18. The van der Waals surface area contributed by atoms with Crippen LogP contribution in [0.2, 0.25) is 0 Å². The summed E-state index contributed by atoms with van der Waals surface area (Å²) >= 11 is 0. The molecule has 0 unspecified atom stereocenters. The molecule has 0 aromatic heterocycles. The molecule has 0 heterocycles. The lowest BCUT2D eigenvalue weighted by Crippen LogP contribution is -2.10. The van der Waals surface area contributed by atoms with E-state index in [0.717, 1.165) is 24.8 Å². The van der Waals surface area contributed by atoms with E-state index in [4.69, 9.17) is 5.73 Å². The lowest BCUT2D eigenvalue weighted by atomic mass is 10.0. The first-order chi connectivity index (χ1) is 6.65. The first kappa shape index (κ1) is 14.4. The number of hydrogen-bond donors (Lipinski definition) is 1. The van der Waals surface area contributed by atoms with E-state index in [1.165, 1.54) is 6.07 Å². The van der Waals surface area contributed by atoms with Gasteiger partial charge in [-0.1, -0.05) is 31.9 Å². The summed E-state index contributed by atoms with van der Waals surface area (Å²) in [4.78, 5) is 0. The largest absolute Gasteiger partial charge is 0.324 e. The Morgan fingerprint density at radius 2 is 2.07 bits per heavy atom. The van der Waals surface area contributed by atoms with E-state index in [2.05, 4.69) is 6.92 Å². The summed E-state index contributed by atoms with van der Waals surface area (Å²) in [5.74, 6) is -0.156. The zero-order valence-corrected chi connectivity index (χ0v) is 10.1. The third-order valence-electron chi connectivity index (χ3n) is 2.48. The van der Waals surface area contributed by atoms with E-state index in [1.807, 2.05) is 6.07 Å². The highest BCUT2D eigenvalue weighted by atomic mass is 35.5. The predicted molar refractivity (Wildman–Crippen MR) is 64.8 cm³/mol. The molecule has 15 heavy (non-hydrogen) atoms. The first-order valence-electron chi connectivity index (χ1n) is 5.16. The van der Waals surface area contributed by atoms with Gasteiger partial charge in [0.1, 0.15) is 5.82 Å². The fourth-order valence-corrected chi connectivity index (χ4v) is 1.49. The standard InChI is InChI=1S/C12H18FN.ClH/c1-3-4-5-12(14)10-6-7-11(13)9(2)8-10;/h6-8,12H,3-5,14H2,1-2H3;1H/t12-;/m0./s1. The monoisotopic (exact) mass is 231 g/mol. The molecule has 1 atom stereocenters. The molecule has 0 aliphatic heterocycles. The van der Waals surface area contributed by atoms with Crippen LogP contribution in [0.1, 0.15) is 43.4 Å². The summed E-state index contributed by atoms with van der Waals surface area (Å²) in [6.45, 7) is 3.91. The summed E-state index contributed by atoms with van der Waals surface area (Å²) in [5.41, 5.74) is 7.69. The van der Waals surface area contributed by atoms with Gasteiger partial charge >= 0.3 is 0 Å². The average molecular weight is 232 g/mol. The molecule has 0 saturated heterocycles. The van der Waals surface area contributed by atoms with Crippen molar-refractivity contribution in [2.75, 3.05) is 0 Å². The lowest BCUT2D eigenvalue weighted by molar-refractivity contribution is 0.593. The second kappa shape index (κ2) is 6.81. The Morgan fingerprint density at radius 3 is 2.60 bits per heavy atom. The molecule has 0 aliphatic rings. The molecule has 2 N–H and O–H groups in total. The molecule has 0 aliphatic carbocycles. The second-order valence-corrected chi connectivity index (χ2v) is 3.76. The van der Waals surface area contributed by atoms with Crippen molar-refractivity contribution in [3.05, 3.63) is 35.1 Å². The van der Waals surface area contributed by atoms with Crippen LogP contribution < -0.4 is 5.73 Å². The minimum absolute atomic E-state index is 0. The highest BCUT2D eigenvalue weighted by molar-refractivity contribution is 5.85. The Bertz CT molecular complexity index is 302. The van der Waals surface area contributed by atoms with E-state index in [-0.39, 0.29) is 24.3 Å². The normalized spacial score (nSPS) is 12.0. The van der Waals surface area contributed by atoms with Crippen LogP contribution in [-0.4, -0.2) is 0 Å². The van der Waals surface area contributed by atoms with Gasteiger partial charge in [0.25, 0.3) is 0 Å². The van der Waals surface area contributed by atoms with Crippen molar-refractivity contribution in [3.8, 4) is 0 Å². The van der Waals surface area contributed by atoms with E-state index in [1.54, 1.807) is 13.0 Å². The summed E-state index contributed by atoms with van der Waals surface area (Å²) in [7, 11) is 0.